The Balaban J connectivity index is 1.88. The second-order valence-electron chi connectivity index (χ2n) is 4.46. The van der Waals surface area contributed by atoms with Gasteiger partial charge in [0.1, 0.15) is 5.75 Å². The minimum Gasteiger partial charge on any atom is -0.497 e. The normalized spacial score (nSPS) is 16.1. The average Bonchev–Trinajstić information content (AvgIpc) is 3.12. The molecule has 1 aromatic rings. The van der Waals surface area contributed by atoms with Crippen molar-refractivity contribution in [2.75, 3.05) is 12.4 Å². The topological polar surface area (TPSA) is 33.3 Å². The molecule has 92 valence electrons. The van der Waals surface area contributed by atoms with Crippen LogP contribution in [0.25, 0.3) is 0 Å². The van der Waals surface area contributed by atoms with Crippen LogP contribution in [0.5, 0.6) is 5.75 Å². The van der Waals surface area contributed by atoms with E-state index in [1.807, 2.05) is 24.3 Å². The number of thiocarbonyl (C=S) groups is 1. The highest BCUT2D eigenvalue weighted by atomic mass is 32.1. The van der Waals surface area contributed by atoms with Crippen molar-refractivity contribution in [3.63, 3.8) is 0 Å². The second-order valence-corrected chi connectivity index (χ2v) is 4.86. The summed E-state index contributed by atoms with van der Waals surface area (Å²) in [6.07, 6.45) is 2.63. The summed E-state index contributed by atoms with van der Waals surface area (Å²) in [4.78, 5) is 0. The molecule has 0 spiro atoms. The van der Waals surface area contributed by atoms with Crippen molar-refractivity contribution >= 4 is 23.0 Å². The van der Waals surface area contributed by atoms with E-state index in [-0.39, 0.29) is 0 Å². The number of methoxy groups -OCH3 is 1. The molecule has 0 unspecified atom stereocenters. The molecule has 0 aliphatic heterocycles. The third kappa shape index (κ3) is 3.60. The molecule has 0 radical (unpaired) electrons. The Labute approximate surface area is 108 Å². The van der Waals surface area contributed by atoms with Crippen molar-refractivity contribution in [1.29, 1.82) is 0 Å². The number of anilines is 1. The number of ether oxygens (including phenoxy) is 1. The first kappa shape index (κ1) is 12.2. The van der Waals surface area contributed by atoms with Gasteiger partial charge in [-0.05, 0) is 50.0 Å². The van der Waals surface area contributed by atoms with Crippen LogP contribution in [-0.4, -0.2) is 18.3 Å². The molecule has 1 aliphatic rings. The molecule has 1 aromatic carbocycles. The maximum absolute atomic E-state index is 5.28. The molecule has 2 rings (SSSR count). The van der Waals surface area contributed by atoms with Crippen LogP contribution in [0.2, 0.25) is 0 Å². The largest absolute Gasteiger partial charge is 0.497 e. The molecule has 17 heavy (non-hydrogen) atoms. The lowest BCUT2D eigenvalue weighted by molar-refractivity contribution is 0.415. The van der Waals surface area contributed by atoms with Crippen LogP contribution in [0.1, 0.15) is 19.8 Å². The van der Waals surface area contributed by atoms with Crippen molar-refractivity contribution < 1.29 is 4.74 Å². The standard InChI is InChI=1S/C13H18N2OS/c1-9(10-6-7-10)14-13(17)15-11-4-3-5-12(8-11)16-2/h3-5,8-10H,6-7H2,1-2H3,(H2,14,15,17)/t9-/m0/s1. The zero-order valence-corrected chi connectivity index (χ0v) is 11.0. The van der Waals surface area contributed by atoms with Gasteiger partial charge in [-0.15, -0.1) is 0 Å². The van der Waals surface area contributed by atoms with Gasteiger partial charge in [0, 0.05) is 17.8 Å². The van der Waals surface area contributed by atoms with Crippen LogP contribution in [0.4, 0.5) is 5.69 Å². The van der Waals surface area contributed by atoms with Gasteiger partial charge in [0.05, 0.1) is 7.11 Å². The van der Waals surface area contributed by atoms with Crippen LogP contribution in [0.3, 0.4) is 0 Å². The van der Waals surface area contributed by atoms with Gasteiger partial charge < -0.3 is 15.4 Å². The smallest absolute Gasteiger partial charge is 0.170 e. The predicted octanol–water partition coefficient (Wildman–Crippen LogP) is 2.78. The lowest BCUT2D eigenvalue weighted by Crippen LogP contribution is -2.37. The third-order valence-corrected chi connectivity index (χ3v) is 3.24. The Kier molecular flexibility index (Phi) is 3.84. The fourth-order valence-corrected chi connectivity index (χ4v) is 2.09. The van der Waals surface area contributed by atoms with Crippen LogP contribution >= 0.6 is 12.2 Å². The summed E-state index contributed by atoms with van der Waals surface area (Å²) in [7, 11) is 1.66. The molecule has 0 amide bonds. The maximum Gasteiger partial charge on any atom is 0.170 e. The number of hydrogen-bond donors (Lipinski definition) is 2. The van der Waals surface area contributed by atoms with E-state index in [0.29, 0.717) is 11.2 Å². The maximum atomic E-state index is 5.28. The minimum absolute atomic E-state index is 0.459. The molecule has 4 heteroatoms. The summed E-state index contributed by atoms with van der Waals surface area (Å²) in [6.45, 7) is 2.18. The molecule has 0 bridgehead atoms. The Hall–Kier alpha value is -1.29. The summed E-state index contributed by atoms with van der Waals surface area (Å²) in [5, 5.41) is 7.16. The van der Waals surface area contributed by atoms with E-state index in [1.165, 1.54) is 12.8 Å². The van der Waals surface area contributed by atoms with E-state index in [1.54, 1.807) is 7.11 Å². The van der Waals surface area contributed by atoms with Gasteiger partial charge >= 0.3 is 0 Å². The van der Waals surface area contributed by atoms with Crippen molar-refractivity contribution in [3.05, 3.63) is 24.3 Å². The molecule has 1 saturated carbocycles. The summed E-state index contributed by atoms with van der Waals surface area (Å²) in [5.41, 5.74) is 0.949. The molecule has 3 nitrogen and oxygen atoms in total. The zero-order valence-electron chi connectivity index (χ0n) is 10.2. The highest BCUT2D eigenvalue weighted by Crippen LogP contribution is 2.32. The van der Waals surface area contributed by atoms with Gasteiger partial charge in [0.25, 0.3) is 0 Å². The van der Waals surface area contributed by atoms with E-state index < -0.39 is 0 Å². The highest BCUT2D eigenvalue weighted by Gasteiger charge is 2.28. The first-order valence-corrected chi connectivity index (χ1v) is 6.31. The quantitative estimate of drug-likeness (QED) is 0.805. The molecule has 1 fully saturated rings. The predicted molar refractivity (Wildman–Crippen MR) is 74.5 cm³/mol. The van der Waals surface area contributed by atoms with Gasteiger partial charge in [0.15, 0.2) is 5.11 Å². The lowest BCUT2D eigenvalue weighted by Gasteiger charge is -2.16. The van der Waals surface area contributed by atoms with Gasteiger partial charge in [-0.2, -0.15) is 0 Å². The van der Waals surface area contributed by atoms with Gasteiger partial charge in [-0.1, -0.05) is 6.07 Å². The molecule has 1 atom stereocenters. The monoisotopic (exact) mass is 250 g/mol. The van der Waals surface area contributed by atoms with E-state index in [0.717, 1.165) is 17.4 Å². The number of hydrogen-bond acceptors (Lipinski definition) is 2. The third-order valence-electron chi connectivity index (χ3n) is 3.02. The number of nitrogens with one attached hydrogen (secondary N) is 2. The molecular weight excluding hydrogens is 232 g/mol. The average molecular weight is 250 g/mol. The van der Waals surface area contributed by atoms with E-state index in [9.17, 15) is 0 Å². The number of benzene rings is 1. The Morgan fingerprint density at radius 3 is 2.88 bits per heavy atom. The zero-order chi connectivity index (χ0) is 12.3. The van der Waals surface area contributed by atoms with Crippen LogP contribution in [0.15, 0.2) is 24.3 Å². The van der Waals surface area contributed by atoms with Crippen LogP contribution < -0.4 is 15.4 Å². The summed E-state index contributed by atoms with van der Waals surface area (Å²) in [5.74, 6) is 1.62. The highest BCUT2D eigenvalue weighted by molar-refractivity contribution is 7.80. The van der Waals surface area contributed by atoms with Gasteiger partial charge in [0.2, 0.25) is 0 Å². The van der Waals surface area contributed by atoms with Gasteiger partial charge in [-0.25, -0.2) is 0 Å². The summed E-state index contributed by atoms with van der Waals surface area (Å²) in [6, 6.07) is 8.21. The molecule has 2 N–H and O–H groups in total. The fourth-order valence-electron chi connectivity index (χ4n) is 1.79. The first-order valence-electron chi connectivity index (χ1n) is 5.90. The molecule has 0 saturated heterocycles. The van der Waals surface area contributed by atoms with E-state index >= 15 is 0 Å². The van der Waals surface area contributed by atoms with E-state index in [2.05, 4.69) is 17.6 Å². The Morgan fingerprint density at radius 1 is 1.47 bits per heavy atom. The lowest BCUT2D eigenvalue weighted by atomic mass is 10.2. The van der Waals surface area contributed by atoms with Crippen LogP contribution in [-0.2, 0) is 0 Å². The van der Waals surface area contributed by atoms with E-state index in [4.69, 9.17) is 17.0 Å². The first-order chi connectivity index (χ1) is 8.19. The van der Waals surface area contributed by atoms with Crippen molar-refractivity contribution in [2.45, 2.75) is 25.8 Å². The molecule has 0 heterocycles. The van der Waals surface area contributed by atoms with Crippen LogP contribution in [0, 0.1) is 5.92 Å². The van der Waals surface area contributed by atoms with Crippen molar-refractivity contribution in [1.82, 2.24) is 5.32 Å². The summed E-state index contributed by atoms with van der Waals surface area (Å²) < 4.78 is 5.16. The van der Waals surface area contributed by atoms with Gasteiger partial charge in [-0.3, -0.25) is 0 Å². The SMILES string of the molecule is COc1cccc(NC(=S)N[C@@H](C)C2CC2)c1. The summed E-state index contributed by atoms with van der Waals surface area (Å²) >= 11 is 5.28. The number of rotatable bonds is 4. The molecular formula is C13H18N2OS. The minimum atomic E-state index is 0.459. The Bertz CT molecular complexity index is 404. The fraction of sp³-hybridized carbons (Fsp3) is 0.462. The van der Waals surface area contributed by atoms with Crippen molar-refractivity contribution in [2.24, 2.45) is 5.92 Å². The Morgan fingerprint density at radius 2 is 2.24 bits per heavy atom. The second kappa shape index (κ2) is 5.36. The molecule has 1 aliphatic carbocycles. The van der Waals surface area contributed by atoms with Crippen molar-refractivity contribution in [3.8, 4) is 5.75 Å². The molecule has 0 aromatic heterocycles.